The van der Waals surface area contributed by atoms with Crippen molar-refractivity contribution >= 4 is 22.4 Å². The Kier molecular flexibility index (Phi) is 3.75. The Morgan fingerprint density at radius 1 is 1.50 bits per heavy atom. The standard InChI is InChI=1S/C12H17NO2S/c1-9(2)13(10-7-6-8-16-10)11(14)15-12(3,4)5/h6-8H,1H2,2-5H3. The number of carbonyl (C=O) groups is 1. The van der Waals surface area contributed by atoms with Crippen LogP contribution in [-0.4, -0.2) is 11.7 Å². The van der Waals surface area contributed by atoms with E-state index in [4.69, 9.17) is 4.74 Å². The van der Waals surface area contributed by atoms with Gasteiger partial charge < -0.3 is 4.74 Å². The molecule has 0 aromatic carbocycles. The van der Waals surface area contributed by atoms with Crippen LogP contribution in [0, 0.1) is 0 Å². The number of hydrogen-bond donors (Lipinski definition) is 0. The van der Waals surface area contributed by atoms with Gasteiger partial charge in [-0.1, -0.05) is 6.58 Å². The van der Waals surface area contributed by atoms with Gasteiger partial charge in [0.05, 0.1) is 0 Å². The number of anilines is 1. The van der Waals surface area contributed by atoms with E-state index in [0.717, 1.165) is 5.00 Å². The van der Waals surface area contributed by atoms with Gasteiger partial charge in [0, 0.05) is 5.70 Å². The molecule has 1 heterocycles. The van der Waals surface area contributed by atoms with Gasteiger partial charge in [-0.2, -0.15) is 0 Å². The zero-order valence-electron chi connectivity index (χ0n) is 10.1. The zero-order valence-corrected chi connectivity index (χ0v) is 10.9. The van der Waals surface area contributed by atoms with Gasteiger partial charge in [0.1, 0.15) is 10.6 Å². The van der Waals surface area contributed by atoms with Gasteiger partial charge in [0.15, 0.2) is 0 Å². The van der Waals surface area contributed by atoms with Crippen molar-refractivity contribution < 1.29 is 9.53 Å². The molecular formula is C12H17NO2S. The molecule has 0 aliphatic carbocycles. The Morgan fingerprint density at radius 3 is 2.50 bits per heavy atom. The predicted molar refractivity (Wildman–Crippen MR) is 67.8 cm³/mol. The van der Waals surface area contributed by atoms with Gasteiger partial charge >= 0.3 is 6.09 Å². The lowest BCUT2D eigenvalue weighted by Crippen LogP contribution is -2.35. The number of rotatable bonds is 2. The minimum Gasteiger partial charge on any atom is -0.443 e. The van der Waals surface area contributed by atoms with Crippen molar-refractivity contribution in [2.75, 3.05) is 4.90 Å². The molecule has 4 heteroatoms. The fraction of sp³-hybridized carbons (Fsp3) is 0.417. The van der Waals surface area contributed by atoms with Gasteiger partial charge in [0.2, 0.25) is 0 Å². The third kappa shape index (κ3) is 3.38. The van der Waals surface area contributed by atoms with E-state index < -0.39 is 5.60 Å². The lowest BCUT2D eigenvalue weighted by Gasteiger charge is -2.26. The summed E-state index contributed by atoms with van der Waals surface area (Å²) in [6.07, 6.45) is -0.387. The quantitative estimate of drug-likeness (QED) is 0.780. The maximum atomic E-state index is 11.9. The molecule has 0 aliphatic rings. The highest BCUT2D eigenvalue weighted by Gasteiger charge is 2.24. The molecule has 0 bridgehead atoms. The van der Waals surface area contributed by atoms with Crippen molar-refractivity contribution in [1.29, 1.82) is 0 Å². The van der Waals surface area contributed by atoms with Crippen LogP contribution in [0.4, 0.5) is 9.80 Å². The first kappa shape index (κ1) is 12.8. The smallest absolute Gasteiger partial charge is 0.419 e. The Balaban J connectivity index is 2.88. The number of nitrogens with zero attached hydrogens (tertiary/aromatic N) is 1. The average molecular weight is 239 g/mol. The van der Waals surface area contributed by atoms with Crippen LogP contribution < -0.4 is 4.90 Å². The predicted octanol–water partition coefficient (Wildman–Crippen LogP) is 4.02. The molecule has 0 fully saturated rings. The maximum absolute atomic E-state index is 11.9. The molecule has 0 N–H and O–H groups in total. The van der Waals surface area contributed by atoms with E-state index in [0.29, 0.717) is 5.70 Å². The molecule has 0 atom stereocenters. The van der Waals surface area contributed by atoms with Gasteiger partial charge in [-0.25, -0.2) is 9.69 Å². The van der Waals surface area contributed by atoms with E-state index in [1.807, 2.05) is 38.3 Å². The van der Waals surface area contributed by atoms with Crippen LogP contribution in [0.3, 0.4) is 0 Å². The second-order valence-electron chi connectivity index (χ2n) is 4.50. The van der Waals surface area contributed by atoms with Crippen molar-refractivity contribution in [1.82, 2.24) is 0 Å². The Bertz CT molecular complexity index is 376. The molecule has 16 heavy (non-hydrogen) atoms. The number of allylic oxidation sites excluding steroid dienone is 1. The zero-order chi connectivity index (χ0) is 12.3. The Labute approximate surface area is 100 Å². The van der Waals surface area contributed by atoms with E-state index in [2.05, 4.69) is 6.58 Å². The molecule has 88 valence electrons. The van der Waals surface area contributed by atoms with Crippen LogP contribution in [-0.2, 0) is 4.74 Å². The monoisotopic (exact) mass is 239 g/mol. The minimum absolute atomic E-state index is 0.387. The largest absolute Gasteiger partial charge is 0.443 e. The molecule has 1 amide bonds. The highest BCUT2D eigenvalue weighted by Crippen LogP contribution is 2.26. The molecular weight excluding hydrogens is 222 g/mol. The number of thiophene rings is 1. The summed E-state index contributed by atoms with van der Waals surface area (Å²) < 4.78 is 5.32. The fourth-order valence-corrected chi connectivity index (χ4v) is 1.93. The van der Waals surface area contributed by atoms with Crippen LogP contribution in [0.15, 0.2) is 29.8 Å². The summed E-state index contributed by atoms with van der Waals surface area (Å²) in [5.41, 5.74) is 0.152. The summed E-state index contributed by atoms with van der Waals surface area (Å²) >= 11 is 1.48. The van der Waals surface area contributed by atoms with Gasteiger partial charge in [-0.15, -0.1) is 11.3 Å². The summed E-state index contributed by atoms with van der Waals surface area (Å²) in [7, 11) is 0. The third-order valence-electron chi connectivity index (χ3n) is 1.68. The molecule has 0 saturated heterocycles. The molecule has 1 aromatic heterocycles. The molecule has 1 aromatic rings. The van der Waals surface area contributed by atoms with Gasteiger partial charge in [-0.3, -0.25) is 0 Å². The normalized spacial score (nSPS) is 11.0. The highest BCUT2D eigenvalue weighted by atomic mass is 32.1. The minimum atomic E-state index is -0.498. The Hall–Kier alpha value is -1.29. The molecule has 1 rings (SSSR count). The van der Waals surface area contributed by atoms with E-state index in [9.17, 15) is 4.79 Å². The topological polar surface area (TPSA) is 29.5 Å². The summed E-state index contributed by atoms with van der Waals surface area (Å²) in [4.78, 5) is 13.4. The summed E-state index contributed by atoms with van der Waals surface area (Å²) in [6, 6.07) is 3.75. The van der Waals surface area contributed by atoms with Crippen LogP contribution in [0.2, 0.25) is 0 Å². The second kappa shape index (κ2) is 4.70. The van der Waals surface area contributed by atoms with E-state index >= 15 is 0 Å². The van der Waals surface area contributed by atoms with Crippen molar-refractivity contribution in [2.45, 2.75) is 33.3 Å². The molecule has 3 nitrogen and oxygen atoms in total. The maximum Gasteiger partial charge on any atom is 0.419 e. The summed E-state index contributed by atoms with van der Waals surface area (Å²) in [6.45, 7) is 11.1. The first-order chi connectivity index (χ1) is 7.31. The number of hydrogen-bond acceptors (Lipinski definition) is 3. The fourth-order valence-electron chi connectivity index (χ4n) is 1.14. The van der Waals surface area contributed by atoms with Crippen molar-refractivity contribution in [2.24, 2.45) is 0 Å². The first-order valence-electron chi connectivity index (χ1n) is 5.03. The molecule has 0 spiro atoms. The number of ether oxygens (including phenoxy) is 1. The summed E-state index contributed by atoms with van der Waals surface area (Å²) in [5, 5.41) is 2.73. The van der Waals surface area contributed by atoms with E-state index in [1.54, 1.807) is 6.92 Å². The lowest BCUT2D eigenvalue weighted by molar-refractivity contribution is 0.0593. The van der Waals surface area contributed by atoms with Crippen molar-refractivity contribution in [3.8, 4) is 0 Å². The first-order valence-corrected chi connectivity index (χ1v) is 5.91. The molecule has 0 saturated carbocycles. The summed E-state index contributed by atoms with van der Waals surface area (Å²) in [5.74, 6) is 0. The highest BCUT2D eigenvalue weighted by molar-refractivity contribution is 7.14. The van der Waals surface area contributed by atoms with Crippen LogP contribution in [0.25, 0.3) is 0 Å². The Morgan fingerprint density at radius 2 is 2.12 bits per heavy atom. The van der Waals surface area contributed by atoms with Crippen LogP contribution in [0.1, 0.15) is 27.7 Å². The SMILES string of the molecule is C=C(C)N(C(=O)OC(C)(C)C)c1cccs1. The van der Waals surface area contributed by atoms with Crippen molar-refractivity contribution in [3.63, 3.8) is 0 Å². The van der Waals surface area contributed by atoms with Crippen LogP contribution in [0.5, 0.6) is 0 Å². The number of carbonyl (C=O) groups excluding carboxylic acids is 1. The molecule has 0 unspecified atom stereocenters. The van der Waals surface area contributed by atoms with Gasteiger partial charge in [-0.05, 0) is 45.2 Å². The van der Waals surface area contributed by atoms with Gasteiger partial charge in [0.25, 0.3) is 0 Å². The number of amides is 1. The average Bonchev–Trinajstić information content (AvgIpc) is 2.52. The second-order valence-corrected chi connectivity index (χ2v) is 5.43. The van der Waals surface area contributed by atoms with Crippen LogP contribution >= 0.6 is 11.3 Å². The molecule has 0 aliphatic heterocycles. The molecule has 0 radical (unpaired) electrons. The van der Waals surface area contributed by atoms with Crippen molar-refractivity contribution in [3.05, 3.63) is 29.8 Å². The van der Waals surface area contributed by atoms with E-state index in [-0.39, 0.29) is 6.09 Å². The lowest BCUT2D eigenvalue weighted by atomic mass is 10.2. The van der Waals surface area contributed by atoms with E-state index in [1.165, 1.54) is 16.2 Å². The third-order valence-corrected chi connectivity index (χ3v) is 2.54.